The van der Waals surface area contributed by atoms with Gasteiger partial charge >= 0.3 is 5.97 Å². The van der Waals surface area contributed by atoms with Crippen LogP contribution in [0, 0.1) is 11.8 Å². The van der Waals surface area contributed by atoms with Crippen molar-refractivity contribution in [3.05, 3.63) is 0 Å². The van der Waals surface area contributed by atoms with E-state index < -0.39 is 5.60 Å². The van der Waals surface area contributed by atoms with E-state index in [1.54, 1.807) is 0 Å². The summed E-state index contributed by atoms with van der Waals surface area (Å²) >= 11 is 0. The van der Waals surface area contributed by atoms with Gasteiger partial charge in [0.15, 0.2) is 0 Å². The summed E-state index contributed by atoms with van der Waals surface area (Å²) in [5.41, 5.74) is -0.468. The van der Waals surface area contributed by atoms with E-state index in [1.807, 2.05) is 25.7 Å². The van der Waals surface area contributed by atoms with Crippen molar-refractivity contribution in [3.8, 4) is 0 Å². The van der Waals surface area contributed by atoms with Gasteiger partial charge in [-0.3, -0.25) is 9.59 Å². The topological polar surface area (TPSA) is 46.6 Å². The van der Waals surface area contributed by atoms with Gasteiger partial charge in [-0.25, -0.2) is 0 Å². The SMILES string of the molecule is CC(C)(C)OC(=O)C1CC(=O)N(CC2CC2)C1. The van der Waals surface area contributed by atoms with Gasteiger partial charge in [-0.2, -0.15) is 0 Å². The van der Waals surface area contributed by atoms with E-state index in [9.17, 15) is 9.59 Å². The van der Waals surface area contributed by atoms with Crippen molar-refractivity contribution in [2.75, 3.05) is 13.1 Å². The van der Waals surface area contributed by atoms with E-state index in [0.29, 0.717) is 18.9 Å². The first-order valence-electron chi connectivity index (χ1n) is 6.36. The minimum Gasteiger partial charge on any atom is -0.460 e. The van der Waals surface area contributed by atoms with Crippen LogP contribution in [0.1, 0.15) is 40.0 Å². The molecule has 4 heteroatoms. The van der Waals surface area contributed by atoms with E-state index in [4.69, 9.17) is 4.74 Å². The van der Waals surface area contributed by atoms with Crippen LogP contribution in [-0.4, -0.2) is 35.5 Å². The number of ether oxygens (including phenoxy) is 1. The summed E-state index contributed by atoms with van der Waals surface area (Å²) in [5.74, 6) is 0.286. The highest BCUT2D eigenvalue weighted by atomic mass is 16.6. The molecule has 1 aliphatic carbocycles. The molecule has 0 aromatic carbocycles. The van der Waals surface area contributed by atoms with E-state index >= 15 is 0 Å². The van der Waals surface area contributed by atoms with Crippen LogP contribution in [0.4, 0.5) is 0 Å². The Balaban J connectivity index is 1.86. The predicted molar refractivity (Wildman–Crippen MR) is 63.3 cm³/mol. The zero-order valence-corrected chi connectivity index (χ0v) is 10.9. The monoisotopic (exact) mass is 239 g/mol. The Morgan fingerprint density at radius 3 is 2.59 bits per heavy atom. The quantitative estimate of drug-likeness (QED) is 0.703. The average Bonchev–Trinajstić information content (AvgIpc) is 2.89. The molecule has 17 heavy (non-hydrogen) atoms. The molecule has 96 valence electrons. The van der Waals surface area contributed by atoms with Crippen LogP contribution in [0.2, 0.25) is 0 Å². The number of likely N-dealkylation sites (tertiary alicyclic amines) is 1. The lowest BCUT2D eigenvalue weighted by atomic mass is 10.1. The van der Waals surface area contributed by atoms with E-state index in [-0.39, 0.29) is 17.8 Å². The largest absolute Gasteiger partial charge is 0.460 e. The number of nitrogens with zero attached hydrogens (tertiary/aromatic N) is 1. The van der Waals surface area contributed by atoms with Gasteiger partial charge < -0.3 is 9.64 Å². The third-order valence-corrected chi connectivity index (χ3v) is 3.13. The van der Waals surface area contributed by atoms with Crippen molar-refractivity contribution >= 4 is 11.9 Å². The van der Waals surface area contributed by atoms with Crippen molar-refractivity contribution in [2.24, 2.45) is 11.8 Å². The molecule has 1 saturated carbocycles. The van der Waals surface area contributed by atoms with Crippen molar-refractivity contribution in [1.82, 2.24) is 4.90 Å². The maximum atomic E-state index is 11.9. The molecule has 2 aliphatic rings. The molecule has 1 saturated heterocycles. The van der Waals surface area contributed by atoms with Gasteiger partial charge in [0, 0.05) is 19.5 Å². The highest BCUT2D eigenvalue weighted by Gasteiger charge is 2.38. The molecule has 1 unspecified atom stereocenters. The van der Waals surface area contributed by atoms with Gasteiger partial charge in [0.1, 0.15) is 5.60 Å². The zero-order chi connectivity index (χ0) is 12.6. The van der Waals surface area contributed by atoms with Crippen LogP contribution < -0.4 is 0 Å². The van der Waals surface area contributed by atoms with Gasteiger partial charge in [0.05, 0.1) is 5.92 Å². The molecule has 4 nitrogen and oxygen atoms in total. The highest BCUT2D eigenvalue weighted by molar-refractivity contribution is 5.86. The van der Waals surface area contributed by atoms with Crippen molar-refractivity contribution in [3.63, 3.8) is 0 Å². The van der Waals surface area contributed by atoms with Gasteiger partial charge in [0.2, 0.25) is 5.91 Å². The second kappa shape index (κ2) is 4.31. The zero-order valence-electron chi connectivity index (χ0n) is 10.9. The predicted octanol–water partition coefficient (Wildman–Crippen LogP) is 1.59. The number of esters is 1. The molecule has 0 aromatic heterocycles. The first kappa shape index (κ1) is 12.4. The van der Waals surface area contributed by atoms with Gasteiger partial charge in [-0.15, -0.1) is 0 Å². The Morgan fingerprint density at radius 2 is 2.06 bits per heavy atom. The maximum absolute atomic E-state index is 11.9. The standard InChI is InChI=1S/C13H21NO3/c1-13(2,3)17-12(16)10-6-11(15)14(8-10)7-9-4-5-9/h9-10H,4-8H2,1-3H3. The number of carbonyl (C=O) groups excluding carboxylic acids is 2. The Labute approximate surface area is 102 Å². The van der Waals surface area contributed by atoms with Gasteiger partial charge in [0.25, 0.3) is 0 Å². The minimum atomic E-state index is -0.468. The third kappa shape index (κ3) is 3.45. The summed E-state index contributed by atoms with van der Waals surface area (Å²) in [4.78, 5) is 25.4. The van der Waals surface area contributed by atoms with Crippen LogP contribution in [0.3, 0.4) is 0 Å². The molecule has 0 spiro atoms. The summed E-state index contributed by atoms with van der Waals surface area (Å²) in [6.07, 6.45) is 2.77. The second-order valence-electron chi connectivity index (χ2n) is 6.18. The van der Waals surface area contributed by atoms with Gasteiger partial charge in [-0.05, 0) is 39.5 Å². The molecule has 2 rings (SSSR count). The number of hydrogen-bond acceptors (Lipinski definition) is 3. The first-order valence-corrected chi connectivity index (χ1v) is 6.36. The lowest BCUT2D eigenvalue weighted by Gasteiger charge is -2.22. The van der Waals surface area contributed by atoms with Crippen LogP contribution >= 0.6 is 0 Å². The minimum absolute atomic E-state index is 0.104. The van der Waals surface area contributed by atoms with Crippen molar-refractivity contribution < 1.29 is 14.3 Å². The number of carbonyl (C=O) groups is 2. The fourth-order valence-corrected chi connectivity index (χ4v) is 2.10. The smallest absolute Gasteiger partial charge is 0.311 e. The maximum Gasteiger partial charge on any atom is 0.311 e. The van der Waals surface area contributed by atoms with Crippen molar-refractivity contribution in [1.29, 1.82) is 0 Å². The van der Waals surface area contributed by atoms with Crippen LogP contribution in [-0.2, 0) is 14.3 Å². The lowest BCUT2D eigenvalue weighted by Crippen LogP contribution is -2.31. The summed E-state index contributed by atoms with van der Waals surface area (Å²) in [6, 6.07) is 0. The van der Waals surface area contributed by atoms with Crippen LogP contribution in [0.5, 0.6) is 0 Å². The van der Waals surface area contributed by atoms with Gasteiger partial charge in [-0.1, -0.05) is 0 Å². The van der Waals surface area contributed by atoms with Crippen LogP contribution in [0.15, 0.2) is 0 Å². The fraction of sp³-hybridized carbons (Fsp3) is 0.846. The first-order chi connectivity index (χ1) is 7.85. The highest BCUT2D eigenvalue weighted by Crippen LogP contribution is 2.32. The van der Waals surface area contributed by atoms with E-state index in [0.717, 1.165) is 6.54 Å². The number of amides is 1. The molecule has 1 atom stereocenters. The van der Waals surface area contributed by atoms with E-state index in [2.05, 4.69) is 0 Å². The molecular formula is C13H21NO3. The molecule has 0 N–H and O–H groups in total. The summed E-state index contributed by atoms with van der Waals surface area (Å²) in [7, 11) is 0. The molecule has 1 heterocycles. The molecule has 0 radical (unpaired) electrons. The third-order valence-electron chi connectivity index (χ3n) is 3.13. The molecule has 0 aromatic rings. The summed E-state index contributed by atoms with van der Waals surface area (Å²) < 4.78 is 5.32. The second-order valence-corrected chi connectivity index (χ2v) is 6.18. The van der Waals surface area contributed by atoms with E-state index in [1.165, 1.54) is 12.8 Å². The number of rotatable bonds is 3. The molecule has 0 bridgehead atoms. The average molecular weight is 239 g/mol. The summed E-state index contributed by atoms with van der Waals surface area (Å²) in [6.45, 7) is 6.93. The molecule has 1 amide bonds. The Hall–Kier alpha value is -1.06. The molecular weight excluding hydrogens is 218 g/mol. The normalized spacial score (nSPS) is 25.2. The lowest BCUT2D eigenvalue weighted by molar-refractivity contribution is -0.159. The Bertz CT molecular complexity index is 328. The van der Waals surface area contributed by atoms with Crippen molar-refractivity contribution in [2.45, 2.75) is 45.6 Å². The Morgan fingerprint density at radius 1 is 1.41 bits per heavy atom. The molecule has 2 fully saturated rings. The molecule has 1 aliphatic heterocycles. The summed E-state index contributed by atoms with van der Waals surface area (Å²) in [5, 5.41) is 0. The Kier molecular flexibility index (Phi) is 3.15. The van der Waals surface area contributed by atoms with Crippen LogP contribution in [0.25, 0.3) is 0 Å². The fourth-order valence-electron chi connectivity index (χ4n) is 2.10. The number of hydrogen-bond donors (Lipinski definition) is 0.